The Kier molecular flexibility index (Phi) is 2.82. The van der Waals surface area contributed by atoms with E-state index in [1.807, 2.05) is 11.8 Å². The number of rotatable bonds is 2. The lowest BCUT2D eigenvalue weighted by molar-refractivity contribution is 0.357. The maximum atomic E-state index is 5.53. The molecule has 0 bridgehead atoms. The number of thioether (sulfide) groups is 1. The van der Waals surface area contributed by atoms with Crippen LogP contribution < -0.4 is 10.1 Å². The highest BCUT2D eigenvalue weighted by molar-refractivity contribution is 7.99. The molecule has 0 saturated carbocycles. The molecule has 2 aliphatic rings. The Hall–Kier alpha value is -0.670. The largest absolute Gasteiger partial charge is 0.493 e. The summed E-state index contributed by atoms with van der Waals surface area (Å²) in [7, 11) is 0. The lowest BCUT2D eigenvalue weighted by Crippen LogP contribution is -2.24. The van der Waals surface area contributed by atoms with Crippen molar-refractivity contribution in [3.05, 3.63) is 29.3 Å². The number of hydrogen-bond acceptors (Lipinski definition) is 3. The summed E-state index contributed by atoms with van der Waals surface area (Å²) in [5.41, 5.74) is 2.78. The molecule has 0 spiro atoms. The second-order valence-corrected chi connectivity index (χ2v) is 5.59. The molecule has 1 saturated heterocycles. The number of fused-ring (bicyclic) bond motifs is 1. The van der Waals surface area contributed by atoms with Crippen molar-refractivity contribution in [3.8, 4) is 5.75 Å². The SMILES string of the molecule is CCC1CSC(c2ccc3c(c2)CCO3)N1. The molecular weight excluding hydrogens is 218 g/mol. The predicted octanol–water partition coefficient (Wildman–Crippen LogP) is 2.74. The summed E-state index contributed by atoms with van der Waals surface area (Å²) < 4.78 is 5.53. The van der Waals surface area contributed by atoms with Crippen LogP contribution in [-0.4, -0.2) is 18.4 Å². The van der Waals surface area contributed by atoms with Gasteiger partial charge in [0.25, 0.3) is 0 Å². The number of ether oxygens (including phenoxy) is 1. The monoisotopic (exact) mass is 235 g/mol. The normalized spacial score (nSPS) is 27.8. The molecule has 2 heterocycles. The molecule has 1 N–H and O–H groups in total. The van der Waals surface area contributed by atoms with Gasteiger partial charge in [0, 0.05) is 18.2 Å². The van der Waals surface area contributed by atoms with E-state index in [0.29, 0.717) is 11.4 Å². The van der Waals surface area contributed by atoms with Gasteiger partial charge in [0.2, 0.25) is 0 Å². The smallest absolute Gasteiger partial charge is 0.122 e. The van der Waals surface area contributed by atoms with E-state index in [4.69, 9.17) is 4.74 Å². The zero-order chi connectivity index (χ0) is 11.0. The second kappa shape index (κ2) is 4.30. The molecule has 3 rings (SSSR count). The lowest BCUT2D eigenvalue weighted by Gasteiger charge is -2.13. The van der Waals surface area contributed by atoms with Crippen LogP contribution in [0, 0.1) is 0 Å². The van der Waals surface area contributed by atoms with Crippen molar-refractivity contribution in [2.45, 2.75) is 31.2 Å². The second-order valence-electron chi connectivity index (χ2n) is 4.45. The molecule has 3 heteroatoms. The molecule has 0 aromatic heterocycles. The average Bonchev–Trinajstić information content (AvgIpc) is 2.96. The van der Waals surface area contributed by atoms with Crippen LogP contribution in [0.5, 0.6) is 5.75 Å². The minimum Gasteiger partial charge on any atom is -0.493 e. The topological polar surface area (TPSA) is 21.3 Å². The van der Waals surface area contributed by atoms with Crippen LogP contribution in [0.15, 0.2) is 18.2 Å². The Morgan fingerprint density at radius 1 is 1.50 bits per heavy atom. The van der Waals surface area contributed by atoms with Crippen LogP contribution in [0.25, 0.3) is 0 Å². The molecule has 1 fully saturated rings. The van der Waals surface area contributed by atoms with Gasteiger partial charge in [-0.15, -0.1) is 11.8 Å². The molecule has 0 aliphatic carbocycles. The third-order valence-corrected chi connectivity index (χ3v) is 4.70. The fourth-order valence-electron chi connectivity index (χ4n) is 2.32. The van der Waals surface area contributed by atoms with E-state index in [1.165, 1.54) is 23.3 Å². The first-order valence-corrected chi connectivity index (χ1v) is 7.05. The van der Waals surface area contributed by atoms with Crippen LogP contribution in [0.4, 0.5) is 0 Å². The van der Waals surface area contributed by atoms with E-state index in [2.05, 4.69) is 30.4 Å². The Morgan fingerprint density at radius 2 is 2.44 bits per heavy atom. The fraction of sp³-hybridized carbons (Fsp3) is 0.538. The van der Waals surface area contributed by atoms with Crippen molar-refractivity contribution >= 4 is 11.8 Å². The first-order chi connectivity index (χ1) is 7.86. The summed E-state index contributed by atoms with van der Waals surface area (Å²) in [6.45, 7) is 3.10. The zero-order valence-corrected chi connectivity index (χ0v) is 10.3. The number of hydrogen-bond donors (Lipinski definition) is 1. The van der Waals surface area contributed by atoms with Crippen LogP contribution in [0.2, 0.25) is 0 Å². The minimum absolute atomic E-state index is 0.482. The lowest BCUT2D eigenvalue weighted by atomic mass is 10.1. The average molecular weight is 235 g/mol. The van der Waals surface area contributed by atoms with Crippen molar-refractivity contribution < 1.29 is 4.74 Å². The van der Waals surface area contributed by atoms with Gasteiger partial charge in [-0.1, -0.05) is 13.0 Å². The molecule has 2 unspecified atom stereocenters. The van der Waals surface area contributed by atoms with Crippen molar-refractivity contribution in [2.24, 2.45) is 0 Å². The van der Waals surface area contributed by atoms with Gasteiger partial charge in [-0.05, 0) is 29.7 Å². The van der Waals surface area contributed by atoms with E-state index in [0.717, 1.165) is 18.8 Å². The highest BCUT2D eigenvalue weighted by atomic mass is 32.2. The Balaban J connectivity index is 1.80. The van der Waals surface area contributed by atoms with E-state index >= 15 is 0 Å². The number of benzene rings is 1. The van der Waals surface area contributed by atoms with Crippen LogP contribution in [-0.2, 0) is 6.42 Å². The van der Waals surface area contributed by atoms with Gasteiger partial charge in [-0.2, -0.15) is 0 Å². The van der Waals surface area contributed by atoms with Crippen LogP contribution in [0.3, 0.4) is 0 Å². The molecule has 1 aromatic rings. The van der Waals surface area contributed by atoms with Gasteiger partial charge in [0.15, 0.2) is 0 Å². The Labute approximate surface area is 101 Å². The van der Waals surface area contributed by atoms with Crippen molar-refractivity contribution in [1.29, 1.82) is 0 Å². The predicted molar refractivity (Wildman–Crippen MR) is 68.1 cm³/mol. The third kappa shape index (κ3) is 1.82. The minimum atomic E-state index is 0.482. The molecule has 0 amide bonds. The molecule has 2 nitrogen and oxygen atoms in total. The summed E-state index contributed by atoms with van der Waals surface area (Å²) in [6.07, 6.45) is 2.29. The molecular formula is C13H17NOS. The van der Waals surface area contributed by atoms with Crippen molar-refractivity contribution in [2.75, 3.05) is 12.4 Å². The maximum Gasteiger partial charge on any atom is 0.122 e. The van der Waals surface area contributed by atoms with Gasteiger partial charge < -0.3 is 4.74 Å². The third-order valence-electron chi connectivity index (χ3n) is 3.36. The van der Waals surface area contributed by atoms with Gasteiger partial charge in [0.05, 0.1) is 12.0 Å². The van der Waals surface area contributed by atoms with E-state index in [9.17, 15) is 0 Å². The summed E-state index contributed by atoms with van der Waals surface area (Å²) in [5.74, 6) is 2.31. The quantitative estimate of drug-likeness (QED) is 0.851. The molecule has 86 valence electrons. The summed E-state index contributed by atoms with van der Waals surface area (Å²) in [6, 6.07) is 7.32. The van der Waals surface area contributed by atoms with Crippen LogP contribution in [0.1, 0.15) is 29.8 Å². The first kappa shape index (κ1) is 10.5. The van der Waals surface area contributed by atoms with E-state index < -0.39 is 0 Å². The first-order valence-electron chi connectivity index (χ1n) is 6.00. The maximum absolute atomic E-state index is 5.53. The van der Waals surface area contributed by atoms with Gasteiger partial charge >= 0.3 is 0 Å². The highest BCUT2D eigenvalue weighted by Gasteiger charge is 2.25. The summed E-state index contributed by atoms with van der Waals surface area (Å²) in [4.78, 5) is 0. The highest BCUT2D eigenvalue weighted by Crippen LogP contribution is 2.36. The molecule has 16 heavy (non-hydrogen) atoms. The standard InChI is InChI=1S/C13H17NOS/c1-2-11-8-16-13(14-11)10-3-4-12-9(7-10)5-6-15-12/h3-4,7,11,13-14H,2,5-6,8H2,1H3. The molecule has 2 atom stereocenters. The molecule has 2 aliphatic heterocycles. The van der Waals surface area contributed by atoms with Crippen molar-refractivity contribution in [3.63, 3.8) is 0 Å². The van der Waals surface area contributed by atoms with E-state index in [1.54, 1.807) is 0 Å². The Morgan fingerprint density at radius 3 is 3.25 bits per heavy atom. The van der Waals surface area contributed by atoms with Gasteiger partial charge in [-0.3, -0.25) is 5.32 Å². The Bertz CT molecular complexity index is 394. The molecule has 1 aromatic carbocycles. The zero-order valence-electron chi connectivity index (χ0n) is 9.53. The van der Waals surface area contributed by atoms with Gasteiger partial charge in [-0.25, -0.2) is 0 Å². The number of nitrogens with one attached hydrogen (secondary N) is 1. The fourth-order valence-corrected chi connectivity index (χ4v) is 3.70. The van der Waals surface area contributed by atoms with Gasteiger partial charge in [0.1, 0.15) is 5.75 Å². The summed E-state index contributed by atoms with van der Waals surface area (Å²) >= 11 is 2.02. The molecule has 0 radical (unpaired) electrons. The van der Waals surface area contributed by atoms with E-state index in [-0.39, 0.29) is 0 Å². The van der Waals surface area contributed by atoms with Crippen LogP contribution >= 0.6 is 11.8 Å². The van der Waals surface area contributed by atoms with Crippen molar-refractivity contribution in [1.82, 2.24) is 5.32 Å². The summed E-state index contributed by atoms with van der Waals surface area (Å²) in [5, 5.41) is 4.15.